The van der Waals surface area contributed by atoms with Gasteiger partial charge in [0.25, 0.3) is 0 Å². The molecule has 7 nitrogen and oxygen atoms in total. The average molecular weight is 287 g/mol. The van der Waals surface area contributed by atoms with E-state index in [4.69, 9.17) is 4.74 Å². The summed E-state index contributed by atoms with van der Waals surface area (Å²) in [7, 11) is 4.05. The lowest BCUT2D eigenvalue weighted by atomic mass is 10.1. The van der Waals surface area contributed by atoms with Crippen molar-refractivity contribution in [2.45, 2.75) is 52.2 Å². The molecule has 2 atom stereocenters. The number of rotatable bonds is 7. The van der Waals surface area contributed by atoms with Crippen LogP contribution >= 0.6 is 0 Å². The predicted octanol–water partition coefficient (Wildman–Crippen LogP) is 3.24. The first-order valence-corrected chi connectivity index (χ1v) is 6.86. The van der Waals surface area contributed by atoms with Gasteiger partial charge < -0.3 is 14.4 Å². The summed E-state index contributed by atoms with van der Waals surface area (Å²) in [6.45, 7) is 5.74. The maximum Gasteiger partial charge on any atom is 0.452 e. The summed E-state index contributed by atoms with van der Waals surface area (Å²) in [5.74, 6) is 0. The Morgan fingerprint density at radius 3 is 2.20 bits per heavy atom. The Kier molecular flexibility index (Phi) is 9.53. The molecule has 0 aliphatic heterocycles. The molecule has 0 radical (unpaired) electrons. The molecule has 0 fully saturated rings. The molecule has 20 heavy (non-hydrogen) atoms. The van der Waals surface area contributed by atoms with Crippen LogP contribution in [-0.2, 0) is 9.47 Å². The number of hydrogen-bond donors (Lipinski definition) is 0. The first-order chi connectivity index (χ1) is 9.40. The van der Waals surface area contributed by atoms with Crippen LogP contribution in [-0.4, -0.2) is 49.9 Å². The van der Waals surface area contributed by atoms with Gasteiger partial charge in [-0.1, -0.05) is 17.2 Å². The molecule has 0 spiro atoms. The van der Waals surface area contributed by atoms with Gasteiger partial charge in [0.05, 0.1) is 6.61 Å². The first kappa shape index (κ1) is 18.5. The lowest BCUT2D eigenvalue weighted by Gasteiger charge is -2.23. The highest BCUT2D eigenvalue weighted by molar-refractivity contribution is 5.73. The summed E-state index contributed by atoms with van der Waals surface area (Å²) < 4.78 is 9.53. The van der Waals surface area contributed by atoms with E-state index in [9.17, 15) is 9.59 Å². The standard InChI is InChI=1S/C13H25N3O4/c1-6-11(16(4)5)9-8-10(3)20-13(18)15-14-12(17)19-7-2/h10-11H,6-9H2,1-5H3. The number of hydrogen-bond acceptors (Lipinski definition) is 5. The van der Waals surface area contributed by atoms with Crippen molar-refractivity contribution in [1.82, 2.24) is 4.90 Å². The van der Waals surface area contributed by atoms with E-state index in [1.807, 2.05) is 14.1 Å². The highest BCUT2D eigenvalue weighted by Crippen LogP contribution is 2.11. The molecule has 0 aliphatic carbocycles. The fraction of sp³-hybridized carbons (Fsp3) is 0.846. The third-order valence-corrected chi connectivity index (χ3v) is 2.89. The van der Waals surface area contributed by atoms with Crippen LogP contribution in [0.2, 0.25) is 0 Å². The smallest absolute Gasteiger partial charge is 0.447 e. The zero-order valence-electron chi connectivity index (χ0n) is 13.0. The second kappa shape index (κ2) is 10.3. The maximum absolute atomic E-state index is 11.3. The minimum Gasteiger partial charge on any atom is -0.447 e. The molecule has 0 saturated carbocycles. The molecule has 0 rings (SSSR count). The van der Waals surface area contributed by atoms with Crippen LogP contribution in [0.1, 0.15) is 40.0 Å². The minimum atomic E-state index is -0.893. The van der Waals surface area contributed by atoms with Crippen molar-refractivity contribution in [1.29, 1.82) is 0 Å². The van der Waals surface area contributed by atoms with E-state index in [0.717, 1.165) is 19.3 Å². The molecule has 0 bridgehead atoms. The van der Waals surface area contributed by atoms with E-state index in [1.54, 1.807) is 13.8 Å². The largest absolute Gasteiger partial charge is 0.452 e. The molecular formula is C13H25N3O4. The topological polar surface area (TPSA) is 80.6 Å². The Hall–Kier alpha value is -1.50. The van der Waals surface area contributed by atoms with Gasteiger partial charge in [0, 0.05) is 6.04 Å². The lowest BCUT2D eigenvalue weighted by Crippen LogP contribution is -2.28. The van der Waals surface area contributed by atoms with Gasteiger partial charge in [0.2, 0.25) is 0 Å². The van der Waals surface area contributed by atoms with Gasteiger partial charge in [-0.3, -0.25) is 0 Å². The van der Waals surface area contributed by atoms with E-state index < -0.39 is 12.2 Å². The highest BCUT2D eigenvalue weighted by atomic mass is 16.6. The fourth-order valence-corrected chi connectivity index (χ4v) is 1.74. The number of carbonyl (C=O) groups is 2. The van der Waals surface area contributed by atoms with Gasteiger partial charge in [0.1, 0.15) is 6.10 Å². The molecule has 7 heteroatoms. The first-order valence-electron chi connectivity index (χ1n) is 6.86. The van der Waals surface area contributed by atoms with Crippen LogP contribution in [0, 0.1) is 0 Å². The van der Waals surface area contributed by atoms with E-state index in [2.05, 4.69) is 26.8 Å². The number of azo groups is 1. The normalized spacial score (nSPS) is 14.3. The Bertz CT molecular complexity index is 332. The van der Waals surface area contributed by atoms with Crippen LogP contribution in [0.25, 0.3) is 0 Å². The summed E-state index contributed by atoms with van der Waals surface area (Å²) in [5.41, 5.74) is 0. The van der Waals surface area contributed by atoms with Gasteiger partial charge >= 0.3 is 12.2 Å². The van der Waals surface area contributed by atoms with Crippen LogP contribution in [0.3, 0.4) is 0 Å². The molecule has 0 N–H and O–H groups in total. The fourth-order valence-electron chi connectivity index (χ4n) is 1.74. The highest BCUT2D eigenvalue weighted by Gasteiger charge is 2.14. The second-order valence-electron chi connectivity index (χ2n) is 4.70. The number of ether oxygens (including phenoxy) is 2. The molecular weight excluding hydrogens is 262 g/mol. The van der Waals surface area contributed by atoms with Crippen molar-refractivity contribution in [2.24, 2.45) is 10.2 Å². The van der Waals surface area contributed by atoms with Crippen LogP contribution in [0.5, 0.6) is 0 Å². The Balaban J connectivity index is 4.04. The Labute approximate surface area is 120 Å². The van der Waals surface area contributed by atoms with Gasteiger partial charge in [-0.05, 0) is 47.2 Å². The molecule has 0 aromatic rings. The zero-order valence-corrected chi connectivity index (χ0v) is 13.0. The van der Waals surface area contributed by atoms with Crippen LogP contribution < -0.4 is 0 Å². The van der Waals surface area contributed by atoms with Crippen molar-refractivity contribution in [3.05, 3.63) is 0 Å². The average Bonchev–Trinajstić information content (AvgIpc) is 2.37. The third-order valence-electron chi connectivity index (χ3n) is 2.89. The van der Waals surface area contributed by atoms with E-state index in [1.165, 1.54) is 0 Å². The summed E-state index contributed by atoms with van der Waals surface area (Å²) >= 11 is 0. The van der Waals surface area contributed by atoms with Crippen molar-refractivity contribution >= 4 is 12.2 Å². The molecule has 2 unspecified atom stereocenters. The summed E-state index contributed by atoms with van der Waals surface area (Å²) in [6.07, 6.45) is 0.664. The lowest BCUT2D eigenvalue weighted by molar-refractivity contribution is 0.102. The van der Waals surface area contributed by atoms with Crippen LogP contribution in [0.15, 0.2) is 10.2 Å². The molecule has 0 aromatic carbocycles. The summed E-state index contributed by atoms with van der Waals surface area (Å²) in [4.78, 5) is 24.3. The zero-order chi connectivity index (χ0) is 15.5. The van der Waals surface area contributed by atoms with E-state index in [-0.39, 0.29) is 12.7 Å². The van der Waals surface area contributed by atoms with Crippen molar-refractivity contribution in [3.63, 3.8) is 0 Å². The summed E-state index contributed by atoms with van der Waals surface area (Å²) in [5, 5.41) is 6.23. The van der Waals surface area contributed by atoms with Crippen molar-refractivity contribution in [2.75, 3.05) is 20.7 Å². The van der Waals surface area contributed by atoms with Crippen molar-refractivity contribution in [3.8, 4) is 0 Å². The summed E-state index contributed by atoms with van der Waals surface area (Å²) in [6, 6.07) is 0.456. The van der Waals surface area contributed by atoms with Gasteiger partial charge in [-0.15, -0.1) is 0 Å². The van der Waals surface area contributed by atoms with Crippen molar-refractivity contribution < 1.29 is 19.1 Å². The number of amides is 2. The van der Waals surface area contributed by atoms with Crippen LogP contribution in [0.4, 0.5) is 9.59 Å². The van der Waals surface area contributed by atoms with Gasteiger partial charge in [0.15, 0.2) is 0 Å². The quantitative estimate of drug-likeness (QED) is 0.671. The second-order valence-corrected chi connectivity index (χ2v) is 4.70. The Morgan fingerprint density at radius 2 is 1.70 bits per heavy atom. The maximum atomic E-state index is 11.3. The van der Waals surface area contributed by atoms with Gasteiger partial charge in [-0.2, -0.15) is 0 Å². The molecule has 0 saturated heterocycles. The monoisotopic (exact) mass is 287 g/mol. The number of carbonyl (C=O) groups excluding carboxylic acids is 2. The molecule has 2 amide bonds. The van der Waals surface area contributed by atoms with Gasteiger partial charge in [-0.25, -0.2) is 9.59 Å². The molecule has 0 aromatic heterocycles. The molecule has 116 valence electrons. The Morgan fingerprint density at radius 1 is 1.10 bits per heavy atom. The number of nitrogens with zero attached hydrogens (tertiary/aromatic N) is 3. The molecule has 0 aliphatic rings. The van der Waals surface area contributed by atoms with E-state index >= 15 is 0 Å². The SMILES string of the molecule is CCOC(=O)N=NC(=O)OC(C)CCC(CC)N(C)C. The predicted molar refractivity (Wildman–Crippen MR) is 74.8 cm³/mol. The minimum absolute atomic E-state index is 0.187. The van der Waals surface area contributed by atoms with E-state index in [0.29, 0.717) is 6.04 Å². The third kappa shape index (κ3) is 8.58. The molecule has 0 heterocycles.